The van der Waals surface area contributed by atoms with Gasteiger partial charge < -0.3 is 15.7 Å². The monoisotopic (exact) mass is 266 g/mol. The van der Waals surface area contributed by atoms with E-state index in [-0.39, 0.29) is 6.04 Å². The number of aromatic hydroxyl groups is 1. The Hall–Kier alpha value is -0.870. The number of anilines is 1. The highest BCUT2D eigenvalue weighted by Gasteiger charge is 2.19. The average molecular weight is 266 g/mol. The number of nitrogens with two attached hydrogens (primary N) is 1. The fourth-order valence-electron chi connectivity index (χ4n) is 2.46. The Kier molecular flexibility index (Phi) is 4.40. The van der Waals surface area contributed by atoms with Gasteiger partial charge in [0.2, 0.25) is 0 Å². The summed E-state index contributed by atoms with van der Waals surface area (Å²) in [7, 11) is 0. The van der Waals surface area contributed by atoms with E-state index in [1.807, 2.05) is 30.8 Å². The van der Waals surface area contributed by atoms with E-state index >= 15 is 0 Å². The van der Waals surface area contributed by atoms with Gasteiger partial charge in [0.15, 0.2) is 0 Å². The maximum atomic E-state index is 9.98. The molecule has 0 radical (unpaired) electrons. The van der Waals surface area contributed by atoms with E-state index in [1.54, 1.807) is 0 Å². The average Bonchev–Trinajstić information content (AvgIpc) is 2.38. The maximum Gasteiger partial charge on any atom is 0.122 e. The largest absolute Gasteiger partial charge is 0.508 e. The first-order valence-corrected chi connectivity index (χ1v) is 7.77. The normalized spacial score (nSPS) is 18.9. The third-order valence-electron chi connectivity index (χ3n) is 3.65. The minimum absolute atomic E-state index is 0.124. The molecule has 2 rings (SSSR count). The summed E-state index contributed by atoms with van der Waals surface area (Å²) in [5.41, 5.74) is 7.73. The molecule has 0 aromatic heterocycles. The molecular weight excluding hydrogens is 244 g/mol. The minimum atomic E-state index is -0.124. The molecule has 4 heteroatoms. The Balaban J connectivity index is 2.08. The zero-order valence-electron chi connectivity index (χ0n) is 11.1. The van der Waals surface area contributed by atoms with Crippen LogP contribution in [0.25, 0.3) is 0 Å². The van der Waals surface area contributed by atoms with E-state index in [2.05, 4.69) is 17.2 Å². The van der Waals surface area contributed by atoms with Gasteiger partial charge in [-0.1, -0.05) is 6.07 Å². The zero-order chi connectivity index (χ0) is 13.1. The van der Waals surface area contributed by atoms with Gasteiger partial charge in [0.05, 0.1) is 0 Å². The molecule has 0 aliphatic carbocycles. The molecule has 18 heavy (non-hydrogen) atoms. The highest BCUT2D eigenvalue weighted by molar-refractivity contribution is 7.99. The Morgan fingerprint density at radius 2 is 2.06 bits per heavy atom. The molecule has 1 heterocycles. The summed E-state index contributed by atoms with van der Waals surface area (Å²) in [5.74, 6) is 0.314. The fraction of sp³-hybridized carbons (Fsp3) is 0.571. The van der Waals surface area contributed by atoms with Crippen molar-refractivity contribution in [1.29, 1.82) is 0 Å². The number of hydrogen-bond donors (Lipinski definition) is 2. The van der Waals surface area contributed by atoms with Crippen LogP contribution in [-0.2, 0) is 0 Å². The SMILES string of the molecule is CSC1CCN(c2ccc(C(C)N)c(O)c2)CC1. The second-order valence-corrected chi connectivity index (χ2v) is 6.09. The summed E-state index contributed by atoms with van der Waals surface area (Å²) in [6.07, 6.45) is 4.62. The molecule has 1 aromatic carbocycles. The van der Waals surface area contributed by atoms with E-state index in [0.29, 0.717) is 5.75 Å². The lowest BCUT2D eigenvalue weighted by molar-refractivity contribution is 0.463. The third kappa shape index (κ3) is 2.93. The quantitative estimate of drug-likeness (QED) is 0.883. The highest BCUT2D eigenvalue weighted by Crippen LogP contribution is 2.30. The van der Waals surface area contributed by atoms with Crippen LogP contribution in [0.15, 0.2) is 18.2 Å². The Morgan fingerprint density at radius 3 is 2.56 bits per heavy atom. The van der Waals surface area contributed by atoms with E-state index < -0.39 is 0 Å². The van der Waals surface area contributed by atoms with Crippen molar-refractivity contribution in [2.45, 2.75) is 31.1 Å². The lowest BCUT2D eigenvalue weighted by atomic mass is 10.1. The summed E-state index contributed by atoms with van der Waals surface area (Å²) in [5, 5.41) is 10.8. The molecule has 0 amide bonds. The lowest BCUT2D eigenvalue weighted by Gasteiger charge is -2.33. The second kappa shape index (κ2) is 5.85. The summed E-state index contributed by atoms with van der Waals surface area (Å²) < 4.78 is 0. The van der Waals surface area contributed by atoms with Crippen LogP contribution >= 0.6 is 11.8 Å². The van der Waals surface area contributed by atoms with Crippen molar-refractivity contribution in [3.05, 3.63) is 23.8 Å². The molecule has 1 aromatic rings. The molecule has 0 saturated carbocycles. The van der Waals surface area contributed by atoms with E-state index in [1.165, 1.54) is 12.8 Å². The van der Waals surface area contributed by atoms with E-state index in [4.69, 9.17) is 5.73 Å². The number of phenols is 1. The van der Waals surface area contributed by atoms with E-state index in [9.17, 15) is 5.11 Å². The van der Waals surface area contributed by atoms with Crippen LogP contribution in [0.2, 0.25) is 0 Å². The Morgan fingerprint density at radius 1 is 1.39 bits per heavy atom. The van der Waals surface area contributed by atoms with Crippen molar-refractivity contribution >= 4 is 17.4 Å². The van der Waals surface area contributed by atoms with Crippen LogP contribution in [0.5, 0.6) is 5.75 Å². The number of hydrogen-bond acceptors (Lipinski definition) is 4. The number of piperidine rings is 1. The predicted octanol–water partition coefficient (Wildman–Crippen LogP) is 2.74. The van der Waals surface area contributed by atoms with Crippen LogP contribution in [0, 0.1) is 0 Å². The first kappa shape index (κ1) is 13.6. The van der Waals surface area contributed by atoms with Gasteiger partial charge in [0.1, 0.15) is 5.75 Å². The van der Waals surface area contributed by atoms with Crippen molar-refractivity contribution in [3.63, 3.8) is 0 Å². The smallest absolute Gasteiger partial charge is 0.122 e. The van der Waals surface area contributed by atoms with Crippen LogP contribution in [0.1, 0.15) is 31.4 Å². The molecule has 1 atom stereocenters. The van der Waals surface area contributed by atoms with Gasteiger partial charge in [-0.3, -0.25) is 0 Å². The lowest BCUT2D eigenvalue weighted by Crippen LogP contribution is -2.34. The molecule has 1 fully saturated rings. The van der Waals surface area contributed by atoms with Gasteiger partial charge in [-0.15, -0.1) is 0 Å². The molecule has 100 valence electrons. The molecule has 1 aliphatic heterocycles. The molecule has 3 nitrogen and oxygen atoms in total. The number of nitrogens with zero attached hydrogens (tertiary/aromatic N) is 1. The number of benzene rings is 1. The summed E-state index contributed by atoms with van der Waals surface area (Å²) >= 11 is 1.96. The highest BCUT2D eigenvalue weighted by atomic mass is 32.2. The molecule has 1 aliphatic rings. The van der Waals surface area contributed by atoms with Gasteiger partial charge in [0, 0.05) is 41.7 Å². The van der Waals surface area contributed by atoms with Gasteiger partial charge in [0.25, 0.3) is 0 Å². The fourth-order valence-corrected chi connectivity index (χ4v) is 3.15. The number of phenolic OH excluding ortho intramolecular Hbond substituents is 1. The van der Waals surface area contributed by atoms with Crippen LogP contribution in [-0.4, -0.2) is 29.7 Å². The summed E-state index contributed by atoms with van der Waals surface area (Å²) in [4.78, 5) is 2.34. The summed E-state index contributed by atoms with van der Waals surface area (Å²) in [6, 6.07) is 5.73. The standard InChI is InChI=1S/C14H22N2OS/c1-10(15)13-4-3-11(9-14(13)17)16-7-5-12(18-2)6-8-16/h3-4,9-10,12,17H,5-8,15H2,1-2H3. The number of rotatable bonds is 3. The van der Waals surface area contributed by atoms with Crippen LogP contribution in [0.4, 0.5) is 5.69 Å². The topological polar surface area (TPSA) is 49.5 Å². The molecule has 1 unspecified atom stereocenters. The second-order valence-electron chi connectivity index (χ2n) is 4.95. The molecule has 0 spiro atoms. The van der Waals surface area contributed by atoms with Crippen molar-refractivity contribution < 1.29 is 5.11 Å². The summed E-state index contributed by atoms with van der Waals surface area (Å²) in [6.45, 7) is 4.03. The van der Waals surface area contributed by atoms with Crippen molar-refractivity contribution in [2.24, 2.45) is 5.73 Å². The molecular formula is C14H22N2OS. The minimum Gasteiger partial charge on any atom is -0.508 e. The van der Waals surface area contributed by atoms with Gasteiger partial charge in [-0.2, -0.15) is 11.8 Å². The zero-order valence-corrected chi connectivity index (χ0v) is 11.9. The van der Waals surface area contributed by atoms with Crippen molar-refractivity contribution in [1.82, 2.24) is 0 Å². The van der Waals surface area contributed by atoms with Gasteiger partial charge in [-0.05, 0) is 32.1 Å². The Bertz CT molecular complexity index is 401. The molecule has 0 bridgehead atoms. The van der Waals surface area contributed by atoms with Crippen molar-refractivity contribution in [2.75, 3.05) is 24.2 Å². The molecule has 3 N–H and O–H groups in total. The Labute approximate surface area is 113 Å². The predicted molar refractivity (Wildman–Crippen MR) is 79.5 cm³/mol. The third-order valence-corrected chi connectivity index (χ3v) is 4.78. The van der Waals surface area contributed by atoms with Crippen LogP contribution in [0.3, 0.4) is 0 Å². The van der Waals surface area contributed by atoms with E-state index in [0.717, 1.165) is 29.6 Å². The maximum absolute atomic E-state index is 9.98. The van der Waals surface area contributed by atoms with Crippen molar-refractivity contribution in [3.8, 4) is 5.75 Å². The number of thioether (sulfide) groups is 1. The van der Waals surface area contributed by atoms with Gasteiger partial charge >= 0.3 is 0 Å². The molecule has 1 saturated heterocycles. The van der Waals surface area contributed by atoms with Crippen LogP contribution < -0.4 is 10.6 Å². The first-order valence-electron chi connectivity index (χ1n) is 6.48. The first-order chi connectivity index (χ1) is 8.61. The van der Waals surface area contributed by atoms with Gasteiger partial charge in [-0.25, -0.2) is 0 Å².